The van der Waals surface area contributed by atoms with Gasteiger partial charge in [0.25, 0.3) is 0 Å². The molecule has 0 saturated heterocycles. The van der Waals surface area contributed by atoms with E-state index < -0.39 is 5.60 Å². The summed E-state index contributed by atoms with van der Waals surface area (Å²) < 4.78 is 0. The van der Waals surface area contributed by atoms with Gasteiger partial charge in [-0.05, 0) is 36.8 Å². The predicted molar refractivity (Wildman–Crippen MR) is 84.2 cm³/mol. The minimum absolute atomic E-state index is 0.493. The molecule has 19 heavy (non-hydrogen) atoms. The second-order valence-electron chi connectivity index (χ2n) is 4.85. The van der Waals surface area contributed by atoms with Crippen LogP contribution in [0.3, 0.4) is 0 Å². The van der Waals surface area contributed by atoms with E-state index in [-0.39, 0.29) is 0 Å². The molecule has 0 spiro atoms. The van der Waals surface area contributed by atoms with E-state index in [0.717, 1.165) is 37.7 Å². The molecule has 0 aliphatic rings. The number of aliphatic hydroxyl groups is 1. The van der Waals surface area contributed by atoms with E-state index in [1.54, 1.807) is 0 Å². The highest BCUT2D eigenvalue weighted by Crippen LogP contribution is 2.23. The van der Waals surface area contributed by atoms with Crippen molar-refractivity contribution in [1.29, 1.82) is 0 Å². The minimum Gasteiger partial charge on any atom is -0.390 e. The first-order valence-corrected chi connectivity index (χ1v) is 7.64. The van der Waals surface area contributed by atoms with E-state index in [0.29, 0.717) is 6.54 Å². The highest BCUT2D eigenvalue weighted by molar-refractivity contribution is 5.23. The third kappa shape index (κ3) is 6.74. The molecule has 1 atom stereocenters. The lowest BCUT2D eigenvalue weighted by Gasteiger charge is -2.26. The Bertz CT molecular complexity index is 338. The van der Waals surface area contributed by atoms with Crippen molar-refractivity contribution in [1.82, 2.24) is 0 Å². The Hall–Kier alpha value is -0.860. The van der Waals surface area contributed by atoms with Gasteiger partial charge in [0.1, 0.15) is 0 Å². The summed E-state index contributed by atoms with van der Waals surface area (Å²) in [6.45, 7) is 8.77. The summed E-state index contributed by atoms with van der Waals surface area (Å²) in [6.07, 6.45) is 4.52. The molecule has 0 bridgehead atoms. The molecular formula is C17H31NO. The zero-order valence-electron chi connectivity index (χ0n) is 13.1. The van der Waals surface area contributed by atoms with Gasteiger partial charge in [-0.3, -0.25) is 0 Å². The zero-order chi connectivity index (χ0) is 14.7. The van der Waals surface area contributed by atoms with Crippen LogP contribution >= 0.6 is 0 Å². The van der Waals surface area contributed by atoms with Crippen LogP contribution in [0.25, 0.3) is 0 Å². The summed E-state index contributed by atoms with van der Waals surface area (Å²) in [5, 5.41) is 10.4. The van der Waals surface area contributed by atoms with Gasteiger partial charge in [0, 0.05) is 6.54 Å². The van der Waals surface area contributed by atoms with Gasteiger partial charge >= 0.3 is 0 Å². The number of rotatable bonds is 7. The molecule has 1 aromatic carbocycles. The third-order valence-electron chi connectivity index (χ3n) is 3.48. The Morgan fingerprint density at radius 1 is 1.11 bits per heavy atom. The molecular weight excluding hydrogens is 234 g/mol. The summed E-state index contributed by atoms with van der Waals surface area (Å²) in [6, 6.07) is 8.34. The van der Waals surface area contributed by atoms with Crippen molar-refractivity contribution < 1.29 is 5.11 Å². The molecule has 0 aromatic heterocycles. The van der Waals surface area contributed by atoms with Crippen molar-refractivity contribution >= 4 is 0 Å². The normalized spacial score (nSPS) is 13.4. The first kappa shape index (κ1) is 18.1. The molecule has 1 unspecified atom stereocenters. The molecule has 0 fully saturated rings. The maximum absolute atomic E-state index is 10.4. The Morgan fingerprint density at radius 2 is 1.74 bits per heavy atom. The van der Waals surface area contributed by atoms with Crippen molar-refractivity contribution in [3.63, 3.8) is 0 Å². The maximum Gasteiger partial charge on any atom is 0.0648 e. The predicted octanol–water partition coefficient (Wildman–Crippen LogP) is 4.05. The number of aryl methyl sites for hydroxylation is 1. The zero-order valence-corrected chi connectivity index (χ0v) is 13.1. The van der Waals surface area contributed by atoms with Gasteiger partial charge in [-0.1, -0.05) is 58.4 Å². The fourth-order valence-corrected chi connectivity index (χ4v) is 2.23. The standard InChI is InChI=1S/C15H25NO.C2H6/c1-3-9-15(17,4-2)10-8-13-6-5-7-14(11-13)12-16;1-2/h5-7,11,17H,3-4,8-10,12,16H2,1-2H3;1-2H3. The molecule has 0 heterocycles. The van der Waals surface area contributed by atoms with E-state index in [1.165, 1.54) is 5.56 Å². The summed E-state index contributed by atoms with van der Waals surface area (Å²) >= 11 is 0. The largest absolute Gasteiger partial charge is 0.390 e. The fraction of sp³-hybridized carbons (Fsp3) is 0.647. The molecule has 0 radical (unpaired) electrons. The van der Waals surface area contributed by atoms with Crippen molar-refractivity contribution in [3.05, 3.63) is 35.4 Å². The van der Waals surface area contributed by atoms with E-state index in [1.807, 2.05) is 26.0 Å². The smallest absolute Gasteiger partial charge is 0.0648 e. The number of benzene rings is 1. The van der Waals surface area contributed by atoms with Crippen LogP contribution in [-0.4, -0.2) is 10.7 Å². The Balaban J connectivity index is 0.00000154. The maximum atomic E-state index is 10.4. The molecule has 0 aliphatic heterocycles. The molecule has 2 nitrogen and oxygen atoms in total. The van der Waals surface area contributed by atoms with Crippen LogP contribution in [-0.2, 0) is 13.0 Å². The first-order valence-electron chi connectivity index (χ1n) is 7.64. The average molecular weight is 265 g/mol. The molecule has 0 aliphatic carbocycles. The molecule has 1 aromatic rings. The number of hydrogen-bond acceptors (Lipinski definition) is 2. The van der Waals surface area contributed by atoms with Gasteiger partial charge in [-0.15, -0.1) is 0 Å². The van der Waals surface area contributed by atoms with Crippen LogP contribution in [0.5, 0.6) is 0 Å². The SMILES string of the molecule is CC.CCCC(O)(CC)CCc1cccc(CN)c1. The Kier molecular flexibility index (Phi) is 9.54. The summed E-state index contributed by atoms with van der Waals surface area (Å²) in [7, 11) is 0. The van der Waals surface area contributed by atoms with Crippen LogP contribution in [0.1, 0.15) is 64.5 Å². The third-order valence-corrected chi connectivity index (χ3v) is 3.48. The lowest BCUT2D eigenvalue weighted by atomic mass is 9.88. The molecule has 3 N–H and O–H groups in total. The van der Waals surface area contributed by atoms with Crippen LogP contribution in [0, 0.1) is 0 Å². The van der Waals surface area contributed by atoms with Gasteiger partial charge in [-0.2, -0.15) is 0 Å². The summed E-state index contributed by atoms with van der Waals surface area (Å²) in [4.78, 5) is 0. The van der Waals surface area contributed by atoms with Crippen LogP contribution in [0.4, 0.5) is 0 Å². The summed E-state index contributed by atoms with van der Waals surface area (Å²) in [5.41, 5.74) is 7.57. The van der Waals surface area contributed by atoms with Crippen LogP contribution < -0.4 is 5.73 Å². The highest BCUT2D eigenvalue weighted by atomic mass is 16.3. The van der Waals surface area contributed by atoms with Gasteiger partial charge in [0.05, 0.1) is 5.60 Å². The monoisotopic (exact) mass is 265 g/mol. The van der Waals surface area contributed by atoms with Crippen molar-refractivity contribution in [2.45, 2.75) is 71.9 Å². The fourth-order valence-electron chi connectivity index (χ4n) is 2.23. The van der Waals surface area contributed by atoms with Crippen molar-refractivity contribution in [3.8, 4) is 0 Å². The van der Waals surface area contributed by atoms with Gasteiger partial charge < -0.3 is 10.8 Å². The van der Waals surface area contributed by atoms with E-state index >= 15 is 0 Å². The molecule has 2 heteroatoms. The number of hydrogen-bond donors (Lipinski definition) is 2. The lowest BCUT2D eigenvalue weighted by molar-refractivity contribution is 0.0185. The van der Waals surface area contributed by atoms with E-state index in [9.17, 15) is 5.11 Å². The highest BCUT2D eigenvalue weighted by Gasteiger charge is 2.22. The van der Waals surface area contributed by atoms with E-state index in [2.05, 4.69) is 26.0 Å². The van der Waals surface area contributed by atoms with Gasteiger partial charge in [0.2, 0.25) is 0 Å². The van der Waals surface area contributed by atoms with Crippen molar-refractivity contribution in [2.24, 2.45) is 5.73 Å². The number of nitrogens with two attached hydrogens (primary N) is 1. The molecule has 0 amide bonds. The summed E-state index contributed by atoms with van der Waals surface area (Å²) in [5.74, 6) is 0. The average Bonchev–Trinajstić information content (AvgIpc) is 2.48. The van der Waals surface area contributed by atoms with Gasteiger partial charge in [0.15, 0.2) is 0 Å². The molecule has 0 saturated carbocycles. The molecule has 110 valence electrons. The molecule has 1 rings (SSSR count). The van der Waals surface area contributed by atoms with Gasteiger partial charge in [-0.25, -0.2) is 0 Å². The Labute approximate surface area is 119 Å². The Morgan fingerprint density at radius 3 is 2.26 bits per heavy atom. The van der Waals surface area contributed by atoms with Crippen molar-refractivity contribution in [2.75, 3.05) is 0 Å². The lowest BCUT2D eigenvalue weighted by Crippen LogP contribution is -2.28. The van der Waals surface area contributed by atoms with Crippen LogP contribution in [0.2, 0.25) is 0 Å². The quantitative estimate of drug-likeness (QED) is 0.781. The second kappa shape index (κ2) is 9.99. The second-order valence-corrected chi connectivity index (χ2v) is 4.85. The van der Waals surface area contributed by atoms with Crippen LogP contribution in [0.15, 0.2) is 24.3 Å². The van der Waals surface area contributed by atoms with E-state index in [4.69, 9.17) is 5.73 Å². The topological polar surface area (TPSA) is 46.2 Å². The minimum atomic E-state index is -0.493. The first-order chi connectivity index (χ1) is 9.13.